The molecule has 6 heteroatoms. The summed E-state index contributed by atoms with van der Waals surface area (Å²) in [7, 11) is 0. The molecule has 2 aliphatic rings. The molecule has 24 heavy (non-hydrogen) atoms. The fourth-order valence-corrected chi connectivity index (χ4v) is 4.01. The van der Waals surface area contributed by atoms with Gasteiger partial charge in [0.15, 0.2) is 5.82 Å². The van der Waals surface area contributed by atoms with Gasteiger partial charge in [0.1, 0.15) is 0 Å². The molecule has 0 radical (unpaired) electrons. The van der Waals surface area contributed by atoms with Gasteiger partial charge in [-0.25, -0.2) is 0 Å². The fourth-order valence-electron chi connectivity index (χ4n) is 4.01. The Kier molecular flexibility index (Phi) is 5.54. The van der Waals surface area contributed by atoms with Crippen molar-refractivity contribution in [2.24, 2.45) is 5.92 Å². The number of piperidine rings is 1. The highest BCUT2D eigenvalue weighted by molar-refractivity contribution is 5.81. The van der Waals surface area contributed by atoms with E-state index in [0.29, 0.717) is 23.7 Å². The zero-order valence-corrected chi connectivity index (χ0v) is 15.1. The Morgan fingerprint density at radius 1 is 1.25 bits per heavy atom. The molecule has 0 bridgehead atoms. The molecule has 1 amide bonds. The van der Waals surface area contributed by atoms with Crippen molar-refractivity contribution in [1.82, 2.24) is 20.4 Å². The molecule has 1 saturated carbocycles. The van der Waals surface area contributed by atoms with Crippen molar-refractivity contribution in [2.45, 2.75) is 77.3 Å². The average Bonchev–Trinajstić information content (AvgIpc) is 3.03. The van der Waals surface area contributed by atoms with Gasteiger partial charge in [0.05, 0.1) is 6.04 Å². The van der Waals surface area contributed by atoms with Crippen molar-refractivity contribution in [3.8, 4) is 0 Å². The minimum Gasteiger partial charge on any atom is -0.352 e. The van der Waals surface area contributed by atoms with Gasteiger partial charge in [0, 0.05) is 12.0 Å². The van der Waals surface area contributed by atoms with Crippen LogP contribution in [-0.4, -0.2) is 46.1 Å². The van der Waals surface area contributed by atoms with Gasteiger partial charge in [-0.2, -0.15) is 4.98 Å². The van der Waals surface area contributed by atoms with Crippen molar-refractivity contribution >= 4 is 5.91 Å². The number of hydrogen-bond donors (Lipinski definition) is 1. The Hall–Kier alpha value is -1.43. The maximum absolute atomic E-state index is 12.6. The lowest BCUT2D eigenvalue weighted by Gasteiger charge is -2.36. The van der Waals surface area contributed by atoms with E-state index in [9.17, 15) is 4.79 Å². The van der Waals surface area contributed by atoms with Gasteiger partial charge in [0.25, 0.3) is 0 Å². The van der Waals surface area contributed by atoms with Crippen LogP contribution in [0.1, 0.15) is 70.0 Å². The summed E-state index contributed by atoms with van der Waals surface area (Å²) >= 11 is 0. The Labute approximate surface area is 144 Å². The van der Waals surface area contributed by atoms with Crippen LogP contribution in [0.3, 0.4) is 0 Å². The van der Waals surface area contributed by atoms with Crippen molar-refractivity contribution in [1.29, 1.82) is 0 Å². The number of carbonyl (C=O) groups is 1. The lowest BCUT2D eigenvalue weighted by molar-refractivity contribution is -0.127. The lowest BCUT2D eigenvalue weighted by atomic mass is 9.86. The summed E-state index contributed by atoms with van der Waals surface area (Å²) in [5.41, 5.74) is 0. The van der Waals surface area contributed by atoms with Gasteiger partial charge in [-0.1, -0.05) is 24.9 Å². The summed E-state index contributed by atoms with van der Waals surface area (Å²) in [6, 6.07) is 0.289. The molecule has 6 nitrogen and oxygen atoms in total. The highest BCUT2D eigenvalue weighted by atomic mass is 16.5. The molecule has 3 atom stereocenters. The molecule has 2 heterocycles. The van der Waals surface area contributed by atoms with Crippen LogP contribution in [0.5, 0.6) is 0 Å². The minimum atomic E-state index is -0.0653. The van der Waals surface area contributed by atoms with Crippen LogP contribution in [-0.2, 0) is 4.79 Å². The van der Waals surface area contributed by atoms with Crippen LogP contribution in [0.15, 0.2) is 4.52 Å². The third-order valence-corrected chi connectivity index (χ3v) is 5.79. The number of nitrogens with zero attached hydrogens (tertiary/aromatic N) is 3. The molecule has 0 spiro atoms. The number of carbonyl (C=O) groups excluding carboxylic acids is 1. The summed E-state index contributed by atoms with van der Waals surface area (Å²) in [5.74, 6) is 2.56. The number of rotatable bonds is 4. The van der Waals surface area contributed by atoms with Gasteiger partial charge in [0.2, 0.25) is 11.8 Å². The standard InChI is InChI=1S/C18H30N4O2/c1-12-6-4-5-7-16(12)20-17(23)13(2)22-10-8-15(9-11-22)18-19-14(3)21-24-18/h12-13,15-16H,4-11H2,1-3H3,(H,20,23). The predicted molar refractivity (Wildman–Crippen MR) is 91.6 cm³/mol. The molecule has 1 aliphatic heterocycles. The topological polar surface area (TPSA) is 71.3 Å². The molecule has 1 aliphatic carbocycles. The molecule has 2 fully saturated rings. The smallest absolute Gasteiger partial charge is 0.237 e. The summed E-state index contributed by atoms with van der Waals surface area (Å²) in [6.45, 7) is 7.94. The molecule has 134 valence electrons. The van der Waals surface area contributed by atoms with E-state index < -0.39 is 0 Å². The first-order chi connectivity index (χ1) is 11.5. The van der Waals surface area contributed by atoms with E-state index in [1.807, 2.05) is 13.8 Å². The maximum atomic E-state index is 12.6. The van der Waals surface area contributed by atoms with Crippen molar-refractivity contribution < 1.29 is 9.32 Å². The molecule has 3 unspecified atom stereocenters. The van der Waals surface area contributed by atoms with Crippen LogP contribution in [0.4, 0.5) is 0 Å². The lowest BCUT2D eigenvalue weighted by Crippen LogP contribution is -2.52. The van der Waals surface area contributed by atoms with E-state index >= 15 is 0 Å². The highest BCUT2D eigenvalue weighted by Crippen LogP contribution is 2.28. The third kappa shape index (κ3) is 3.97. The number of likely N-dealkylation sites (tertiary alicyclic amines) is 1. The summed E-state index contributed by atoms with van der Waals surface area (Å²) in [6.07, 6.45) is 6.83. The van der Waals surface area contributed by atoms with Crippen molar-refractivity contribution in [3.63, 3.8) is 0 Å². The molecule has 1 saturated heterocycles. The van der Waals surface area contributed by atoms with Crippen molar-refractivity contribution in [3.05, 3.63) is 11.7 Å². The van der Waals surface area contributed by atoms with Crippen LogP contribution in [0, 0.1) is 12.8 Å². The van der Waals surface area contributed by atoms with Gasteiger partial charge >= 0.3 is 0 Å². The Bertz CT molecular complexity index is 551. The number of aromatic nitrogens is 2. The van der Waals surface area contributed by atoms with Crippen LogP contribution in [0.25, 0.3) is 0 Å². The molecular weight excluding hydrogens is 304 g/mol. The van der Waals surface area contributed by atoms with Crippen LogP contribution in [0.2, 0.25) is 0 Å². The number of amides is 1. The number of nitrogens with one attached hydrogen (secondary N) is 1. The van der Waals surface area contributed by atoms with E-state index in [0.717, 1.165) is 38.2 Å². The average molecular weight is 334 g/mol. The second kappa shape index (κ2) is 7.64. The van der Waals surface area contributed by atoms with E-state index in [-0.39, 0.29) is 11.9 Å². The number of aryl methyl sites for hydroxylation is 1. The second-order valence-corrected chi connectivity index (χ2v) is 7.54. The van der Waals surface area contributed by atoms with Crippen molar-refractivity contribution in [2.75, 3.05) is 13.1 Å². The third-order valence-electron chi connectivity index (χ3n) is 5.79. The van der Waals surface area contributed by atoms with Gasteiger partial charge in [-0.15, -0.1) is 0 Å². The summed E-state index contributed by atoms with van der Waals surface area (Å²) < 4.78 is 5.30. The van der Waals surface area contributed by atoms with E-state index in [4.69, 9.17) is 4.52 Å². The Morgan fingerprint density at radius 2 is 1.96 bits per heavy atom. The SMILES string of the molecule is Cc1noc(C2CCN(C(C)C(=O)NC3CCCCC3C)CC2)n1. The first-order valence-electron chi connectivity index (χ1n) is 9.39. The summed E-state index contributed by atoms with van der Waals surface area (Å²) in [5, 5.41) is 7.17. The van der Waals surface area contributed by atoms with E-state index in [1.165, 1.54) is 19.3 Å². The van der Waals surface area contributed by atoms with Gasteiger partial charge in [-0.3, -0.25) is 9.69 Å². The van der Waals surface area contributed by atoms with Crippen LogP contribution >= 0.6 is 0 Å². The second-order valence-electron chi connectivity index (χ2n) is 7.54. The maximum Gasteiger partial charge on any atom is 0.237 e. The Balaban J connectivity index is 1.49. The zero-order valence-electron chi connectivity index (χ0n) is 15.1. The van der Waals surface area contributed by atoms with Crippen LogP contribution < -0.4 is 5.32 Å². The molecule has 1 aromatic heterocycles. The number of hydrogen-bond acceptors (Lipinski definition) is 5. The summed E-state index contributed by atoms with van der Waals surface area (Å²) in [4.78, 5) is 19.2. The van der Waals surface area contributed by atoms with E-state index in [1.54, 1.807) is 0 Å². The largest absolute Gasteiger partial charge is 0.352 e. The first kappa shape index (κ1) is 17.4. The highest BCUT2D eigenvalue weighted by Gasteiger charge is 2.31. The monoisotopic (exact) mass is 334 g/mol. The molecule has 0 aromatic carbocycles. The Morgan fingerprint density at radius 3 is 2.58 bits per heavy atom. The molecule has 1 N–H and O–H groups in total. The first-order valence-corrected chi connectivity index (χ1v) is 9.39. The minimum absolute atomic E-state index is 0.0653. The predicted octanol–water partition coefficient (Wildman–Crippen LogP) is 2.64. The fraction of sp³-hybridized carbons (Fsp3) is 0.833. The molecular formula is C18H30N4O2. The normalized spacial score (nSPS) is 27.8. The molecule has 1 aromatic rings. The quantitative estimate of drug-likeness (QED) is 0.916. The van der Waals surface area contributed by atoms with E-state index in [2.05, 4.69) is 27.3 Å². The van der Waals surface area contributed by atoms with Gasteiger partial charge in [-0.05, 0) is 58.5 Å². The zero-order chi connectivity index (χ0) is 17.1. The molecule has 3 rings (SSSR count). The van der Waals surface area contributed by atoms with Gasteiger partial charge < -0.3 is 9.84 Å².